The number of carbonyl (C=O) groups is 1. The number of fused-ring (bicyclic) bond motifs is 1. The number of hydrogen-bond donors (Lipinski definition) is 0. The first-order valence-corrected chi connectivity index (χ1v) is 8.97. The van der Waals surface area contributed by atoms with E-state index in [1.165, 1.54) is 11.3 Å². The maximum Gasteiger partial charge on any atom is 0.330 e. The molecule has 0 spiro atoms. The van der Waals surface area contributed by atoms with Gasteiger partial charge in [-0.3, -0.25) is 13.9 Å². The second-order valence-electron chi connectivity index (χ2n) is 5.91. The Bertz CT molecular complexity index is 941. The molecular weight excluding hydrogens is 324 g/mol. The summed E-state index contributed by atoms with van der Waals surface area (Å²) in [6, 6.07) is 7.48. The minimum Gasteiger partial charge on any atom is -0.336 e. The molecule has 1 aliphatic rings. The summed E-state index contributed by atoms with van der Waals surface area (Å²) in [5.41, 5.74) is 1.52. The summed E-state index contributed by atoms with van der Waals surface area (Å²) in [6.07, 6.45) is 2.48. The highest BCUT2D eigenvalue weighted by molar-refractivity contribution is 7.12. The van der Waals surface area contributed by atoms with Gasteiger partial charge in [-0.1, -0.05) is 6.07 Å². The van der Waals surface area contributed by atoms with Crippen molar-refractivity contribution in [1.82, 2.24) is 19.0 Å². The van der Waals surface area contributed by atoms with Crippen LogP contribution in [-0.4, -0.2) is 38.0 Å². The average Bonchev–Trinajstić information content (AvgIpc) is 3.32. The van der Waals surface area contributed by atoms with Gasteiger partial charge >= 0.3 is 5.69 Å². The van der Waals surface area contributed by atoms with Crippen molar-refractivity contribution < 1.29 is 4.79 Å². The number of nitrogens with zero attached hydrogens (tertiary/aromatic N) is 4. The number of imidazole rings is 1. The molecule has 0 radical (unpaired) electrons. The molecular formula is C17H18N4O2S. The summed E-state index contributed by atoms with van der Waals surface area (Å²) in [7, 11) is 0. The van der Waals surface area contributed by atoms with Crippen molar-refractivity contribution >= 4 is 28.4 Å². The van der Waals surface area contributed by atoms with Gasteiger partial charge in [-0.25, -0.2) is 9.78 Å². The molecule has 1 atom stereocenters. The quantitative estimate of drug-likeness (QED) is 0.734. The topological polar surface area (TPSA) is 60.1 Å². The van der Waals surface area contributed by atoms with E-state index in [1.807, 2.05) is 41.5 Å². The zero-order valence-corrected chi connectivity index (χ0v) is 14.2. The minimum atomic E-state index is -0.0402. The van der Waals surface area contributed by atoms with Crippen LogP contribution in [0.1, 0.15) is 29.1 Å². The number of likely N-dealkylation sites (tertiary alicyclic amines) is 1. The van der Waals surface area contributed by atoms with Crippen molar-refractivity contribution in [2.75, 3.05) is 13.1 Å². The molecule has 0 bridgehead atoms. The largest absolute Gasteiger partial charge is 0.336 e. The van der Waals surface area contributed by atoms with Crippen LogP contribution in [0.3, 0.4) is 0 Å². The van der Waals surface area contributed by atoms with Gasteiger partial charge in [-0.15, -0.1) is 11.3 Å². The molecule has 124 valence electrons. The summed E-state index contributed by atoms with van der Waals surface area (Å²) in [4.78, 5) is 32.3. The van der Waals surface area contributed by atoms with E-state index in [2.05, 4.69) is 4.98 Å². The van der Waals surface area contributed by atoms with Crippen LogP contribution in [0, 0.1) is 0 Å². The molecule has 24 heavy (non-hydrogen) atoms. The molecule has 3 aromatic heterocycles. The van der Waals surface area contributed by atoms with E-state index in [4.69, 9.17) is 0 Å². The molecule has 0 unspecified atom stereocenters. The summed E-state index contributed by atoms with van der Waals surface area (Å²) < 4.78 is 3.51. The van der Waals surface area contributed by atoms with Crippen molar-refractivity contribution in [2.45, 2.75) is 25.9 Å². The predicted octanol–water partition coefficient (Wildman–Crippen LogP) is 2.37. The lowest BCUT2D eigenvalue weighted by molar-refractivity contribution is 0.0792. The van der Waals surface area contributed by atoms with Crippen LogP contribution < -0.4 is 5.69 Å². The molecule has 0 N–H and O–H groups in total. The standard InChI is InChI=1S/C17H18N4O2S/c1-2-20-13-5-3-8-18-15(13)21(17(20)23)12-7-9-19(11-12)16(22)14-6-4-10-24-14/h3-6,8,10,12H,2,7,9,11H2,1H3/t12-/m1/s1. The fraction of sp³-hybridized carbons (Fsp3) is 0.353. The molecule has 7 heteroatoms. The predicted molar refractivity (Wildman–Crippen MR) is 93.5 cm³/mol. The maximum atomic E-state index is 12.8. The van der Waals surface area contributed by atoms with Gasteiger partial charge in [-0.2, -0.15) is 0 Å². The second-order valence-corrected chi connectivity index (χ2v) is 6.86. The Labute approximate surface area is 143 Å². The first kappa shape index (κ1) is 15.1. The summed E-state index contributed by atoms with van der Waals surface area (Å²) in [6.45, 7) is 3.79. The van der Waals surface area contributed by atoms with E-state index in [0.29, 0.717) is 25.3 Å². The van der Waals surface area contributed by atoms with E-state index in [-0.39, 0.29) is 17.6 Å². The van der Waals surface area contributed by atoms with E-state index in [9.17, 15) is 9.59 Å². The molecule has 1 amide bonds. The summed E-state index contributed by atoms with van der Waals surface area (Å²) >= 11 is 1.45. The van der Waals surface area contributed by atoms with Crippen LogP contribution in [0.2, 0.25) is 0 Å². The third kappa shape index (κ3) is 2.27. The van der Waals surface area contributed by atoms with Crippen LogP contribution in [0.4, 0.5) is 0 Å². The lowest BCUT2D eigenvalue weighted by Crippen LogP contribution is -2.31. The molecule has 4 heterocycles. The SMILES string of the molecule is CCn1c(=O)n([C@@H]2CCN(C(=O)c3cccs3)C2)c2ncccc21. The van der Waals surface area contributed by atoms with Gasteiger partial charge in [0.15, 0.2) is 5.65 Å². The highest BCUT2D eigenvalue weighted by Crippen LogP contribution is 2.26. The Morgan fingerprint density at radius 2 is 2.25 bits per heavy atom. The van der Waals surface area contributed by atoms with Crippen LogP contribution in [0.25, 0.3) is 11.2 Å². The van der Waals surface area contributed by atoms with Gasteiger partial charge in [0, 0.05) is 25.8 Å². The molecule has 1 aliphatic heterocycles. The van der Waals surface area contributed by atoms with E-state index in [0.717, 1.165) is 16.8 Å². The second kappa shape index (κ2) is 5.90. The fourth-order valence-electron chi connectivity index (χ4n) is 3.44. The third-order valence-electron chi connectivity index (χ3n) is 4.59. The highest BCUT2D eigenvalue weighted by atomic mass is 32.1. The Balaban J connectivity index is 1.69. The summed E-state index contributed by atoms with van der Waals surface area (Å²) in [5, 5.41) is 1.91. The van der Waals surface area contributed by atoms with Crippen molar-refractivity contribution in [1.29, 1.82) is 0 Å². The Kier molecular flexibility index (Phi) is 3.72. The molecule has 0 aromatic carbocycles. The molecule has 0 aliphatic carbocycles. The van der Waals surface area contributed by atoms with Gasteiger partial charge in [0.25, 0.3) is 5.91 Å². The lowest BCUT2D eigenvalue weighted by Gasteiger charge is -2.16. The third-order valence-corrected chi connectivity index (χ3v) is 5.44. The van der Waals surface area contributed by atoms with Gasteiger partial charge in [0.1, 0.15) is 0 Å². The number of carbonyl (C=O) groups excluding carboxylic acids is 1. The van der Waals surface area contributed by atoms with Crippen LogP contribution >= 0.6 is 11.3 Å². The summed E-state index contributed by atoms with van der Waals surface area (Å²) in [5.74, 6) is 0.0488. The number of rotatable bonds is 3. The Morgan fingerprint density at radius 1 is 1.38 bits per heavy atom. The first-order chi connectivity index (χ1) is 11.7. The number of pyridine rings is 1. The van der Waals surface area contributed by atoms with Crippen molar-refractivity contribution in [2.24, 2.45) is 0 Å². The molecule has 1 fully saturated rings. The Hall–Kier alpha value is -2.41. The van der Waals surface area contributed by atoms with Gasteiger partial charge in [0.05, 0.1) is 16.4 Å². The minimum absolute atomic E-state index is 0.0217. The molecule has 3 aromatic rings. The smallest absolute Gasteiger partial charge is 0.330 e. The van der Waals surface area contributed by atoms with Crippen LogP contribution in [-0.2, 0) is 6.54 Å². The normalized spacial score (nSPS) is 17.7. The number of amides is 1. The van der Waals surface area contributed by atoms with E-state index in [1.54, 1.807) is 15.3 Å². The van der Waals surface area contributed by atoms with Crippen molar-refractivity contribution in [3.05, 3.63) is 51.2 Å². The molecule has 0 saturated carbocycles. The molecule has 6 nitrogen and oxygen atoms in total. The fourth-order valence-corrected chi connectivity index (χ4v) is 4.13. The average molecular weight is 342 g/mol. The monoisotopic (exact) mass is 342 g/mol. The zero-order valence-electron chi connectivity index (χ0n) is 13.4. The van der Waals surface area contributed by atoms with Gasteiger partial charge in [0.2, 0.25) is 0 Å². The molecule has 4 rings (SSSR count). The van der Waals surface area contributed by atoms with Crippen molar-refractivity contribution in [3.63, 3.8) is 0 Å². The number of aromatic nitrogens is 3. The number of aryl methyl sites for hydroxylation is 1. The lowest BCUT2D eigenvalue weighted by atomic mass is 10.2. The number of hydrogen-bond acceptors (Lipinski definition) is 4. The van der Waals surface area contributed by atoms with E-state index >= 15 is 0 Å². The number of thiophene rings is 1. The molecule has 1 saturated heterocycles. The van der Waals surface area contributed by atoms with Gasteiger partial charge < -0.3 is 4.90 Å². The zero-order chi connectivity index (χ0) is 16.7. The maximum absolute atomic E-state index is 12.8. The van der Waals surface area contributed by atoms with Crippen LogP contribution in [0.15, 0.2) is 40.6 Å². The Morgan fingerprint density at radius 3 is 3.00 bits per heavy atom. The van der Waals surface area contributed by atoms with Gasteiger partial charge in [-0.05, 0) is 36.9 Å². The van der Waals surface area contributed by atoms with Crippen molar-refractivity contribution in [3.8, 4) is 0 Å². The van der Waals surface area contributed by atoms with Crippen LogP contribution in [0.5, 0.6) is 0 Å². The van der Waals surface area contributed by atoms with E-state index < -0.39 is 0 Å². The first-order valence-electron chi connectivity index (χ1n) is 8.09. The highest BCUT2D eigenvalue weighted by Gasteiger charge is 2.31.